The lowest BCUT2D eigenvalue weighted by Gasteiger charge is -2.07. The largest absolute Gasteiger partial charge is 0.481 e. The molecule has 0 aliphatic carbocycles. The zero-order valence-corrected chi connectivity index (χ0v) is 12.2. The number of aliphatic carboxylic acids is 2. The minimum absolute atomic E-state index is 0.0221. The standard InChI is InChI=1S/C14H15NO5S/c1-2-8-3-4-9-10(7-8)20-14(15-9)21-11(13(18)19)5-6-12(16)17/h3-4,7,11H,2,5-6H2,1H3,(H,16,17)(H,18,19). The number of aromatic nitrogens is 1. The van der Waals surface area contributed by atoms with Crippen molar-refractivity contribution in [2.24, 2.45) is 0 Å². The molecule has 0 aliphatic heterocycles. The molecule has 0 saturated heterocycles. The van der Waals surface area contributed by atoms with Crippen LogP contribution >= 0.6 is 11.8 Å². The summed E-state index contributed by atoms with van der Waals surface area (Å²) in [5.41, 5.74) is 2.38. The Bertz CT molecular complexity index is 666. The SMILES string of the molecule is CCc1ccc2nc(SC(CCC(=O)O)C(=O)O)oc2c1. The lowest BCUT2D eigenvalue weighted by Crippen LogP contribution is -2.17. The highest BCUT2D eigenvalue weighted by atomic mass is 32.2. The van der Waals surface area contributed by atoms with Gasteiger partial charge in [0.15, 0.2) is 5.58 Å². The second-order valence-corrected chi connectivity index (χ2v) is 5.67. The Kier molecular flexibility index (Phi) is 4.85. The van der Waals surface area contributed by atoms with Gasteiger partial charge in [0.1, 0.15) is 10.8 Å². The minimum Gasteiger partial charge on any atom is -0.481 e. The fourth-order valence-corrected chi connectivity index (χ4v) is 2.70. The van der Waals surface area contributed by atoms with Crippen molar-refractivity contribution in [2.75, 3.05) is 0 Å². The van der Waals surface area contributed by atoms with Crippen LogP contribution in [0.1, 0.15) is 25.3 Å². The molecule has 21 heavy (non-hydrogen) atoms. The molecular formula is C14H15NO5S. The number of carboxylic acid groups (broad SMARTS) is 2. The number of carboxylic acids is 2. The lowest BCUT2D eigenvalue weighted by molar-refractivity contribution is -0.138. The molecule has 0 radical (unpaired) electrons. The molecule has 0 bridgehead atoms. The number of fused-ring (bicyclic) bond motifs is 1. The summed E-state index contributed by atoms with van der Waals surface area (Å²) in [6.45, 7) is 2.03. The van der Waals surface area contributed by atoms with E-state index in [2.05, 4.69) is 4.98 Å². The van der Waals surface area contributed by atoms with E-state index in [0.717, 1.165) is 23.7 Å². The van der Waals surface area contributed by atoms with Crippen LogP contribution in [-0.4, -0.2) is 32.4 Å². The number of aryl methyl sites for hydroxylation is 1. The van der Waals surface area contributed by atoms with E-state index in [-0.39, 0.29) is 18.1 Å². The fourth-order valence-electron chi connectivity index (χ4n) is 1.83. The van der Waals surface area contributed by atoms with Gasteiger partial charge in [0.25, 0.3) is 5.22 Å². The van der Waals surface area contributed by atoms with Crippen LogP contribution in [0.15, 0.2) is 27.8 Å². The Labute approximate surface area is 125 Å². The third-order valence-electron chi connectivity index (χ3n) is 2.98. The molecule has 7 heteroatoms. The molecule has 1 aromatic heterocycles. The van der Waals surface area contributed by atoms with Gasteiger partial charge in [-0.3, -0.25) is 9.59 Å². The Morgan fingerprint density at radius 2 is 2.14 bits per heavy atom. The lowest BCUT2D eigenvalue weighted by atomic mass is 10.2. The van der Waals surface area contributed by atoms with Crippen molar-refractivity contribution in [3.63, 3.8) is 0 Å². The number of hydrogen-bond donors (Lipinski definition) is 2. The van der Waals surface area contributed by atoms with Crippen LogP contribution in [0.2, 0.25) is 0 Å². The van der Waals surface area contributed by atoms with Crippen LogP contribution in [0.4, 0.5) is 0 Å². The summed E-state index contributed by atoms with van der Waals surface area (Å²) < 4.78 is 5.54. The first kappa shape index (κ1) is 15.4. The predicted octanol–water partition coefficient (Wildman–Crippen LogP) is 2.80. The third-order valence-corrected chi connectivity index (χ3v) is 4.08. The van der Waals surface area contributed by atoms with Gasteiger partial charge in [0.2, 0.25) is 0 Å². The van der Waals surface area contributed by atoms with Crippen LogP contribution in [0.5, 0.6) is 0 Å². The van der Waals surface area contributed by atoms with E-state index in [4.69, 9.17) is 14.6 Å². The molecule has 1 unspecified atom stereocenters. The van der Waals surface area contributed by atoms with E-state index in [1.54, 1.807) is 0 Å². The van der Waals surface area contributed by atoms with Gasteiger partial charge in [0.05, 0.1) is 0 Å². The molecule has 0 spiro atoms. The smallest absolute Gasteiger partial charge is 0.317 e. The van der Waals surface area contributed by atoms with E-state index >= 15 is 0 Å². The molecule has 1 atom stereocenters. The van der Waals surface area contributed by atoms with Crippen molar-refractivity contribution in [1.29, 1.82) is 0 Å². The molecule has 0 amide bonds. The maximum Gasteiger partial charge on any atom is 0.317 e. The van der Waals surface area contributed by atoms with E-state index < -0.39 is 17.2 Å². The monoisotopic (exact) mass is 309 g/mol. The number of benzene rings is 1. The Morgan fingerprint density at radius 1 is 1.38 bits per heavy atom. The highest BCUT2D eigenvalue weighted by Crippen LogP contribution is 2.29. The summed E-state index contributed by atoms with van der Waals surface area (Å²) >= 11 is 0.937. The highest BCUT2D eigenvalue weighted by Gasteiger charge is 2.23. The number of oxazole rings is 1. The quantitative estimate of drug-likeness (QED) is 0.758. The summed E-state index contributed by atoms with van der Waals surface area (Å²) in [5.74, 6) is -2.09. The van der Waals surface area contributed by atoms with Crippen molar-refractivity contribution in [2.45, 2.75) is 36.7 Å². The third kappa shape index (κ3) is 3.98. The first-order valence-corrected chi connectivity index (χ1v) is 7.38. The maximum atomic E-state index is 11.1. The minimum atomic E-state index is -1.07. The van der Waals surface area contributed by atoms with Gasteiger partial charge in [-0.05, 0) is 30.5 Å². The number of carbonyl (C=O) groups is 2. The van der Waals surface area contributed by atoms with Gasteiger partial charge in [0, 0.05) is 6.42 Å². The van der Waals surface area contributed by atoms with Gasteiger partial charge in [-0.15, -0.1) is 0 Å². The highest BCUT2D eigenvalue weighted by molar-refractivity contribution is 8.00. The summed E-state index contributed by atoms with van der Waals surface area (Å²) in [4.78, 5) is 25.9. The molecule has 1 heterocycles. The molecule has 6 nitrogen and oxygen atoms in total. The van der Waals surface area contributed by atoms with E-state index in [1.807, 2.05) is 25.1 Å². The Balaban J connectivity index is 2.16. The average molecular weight is 309 g/mol. The average Bonchev–Trinajstić information content (AvgIpc) is 2.84. The van der Waals surface area contributed by atoms with Gasteiger partial charge in [-0.25, -0.2) is 4.98 Å². The van der Waals surface area contributed by atoms with Crippen LogP contribution in [0.25, 0.3) is 11.1 Å². The Hall–Kier alpha value is -2.02. The molecule has 2 N–H and O–H groups in total. The van der Waals surface area contributed by atoms with Crippen molar-refractivity contribution < 1.29 is 24.2 Å². The number of rotatable bonds is 7. The van der Waals surface area contributed by atoms with Crippen molar-refractivity contribution in [1.82, 2.24) is 4.98 Å². The van der Waals surface area contributed by atoms with Crippen LogP contribution in [0, 0.1) is 0 Å². The van der Waals surface area contributed by atoms with Crippen LogP contribution in [0.3, 0.4) is 0 Å². The van der Waals surface area contributed by atoms with Gasteiger partial charge < -0.3 is 14.6 Å². The number of nitrogens with zero attached hydrogens (tertiary/aromatic N) is 1. The molecule has 0 saturated carbocycles. The zero-order chi connectivity index (χ0) is 15.4. The number of hydrogen-bond acceptors (Lipinski definition) is 5. The second kappa shape index (κ2) is 6.62. The summed E-state index contributed by atoms with van der Waals surface area (Å²) in [5, 5.41) is 17.1. The van der Waals surface area contributed by atoms with Crippen LogP contribution < -0.4 is 0 Å². The maximum absolute atomic E-state index is 11.1. The van der Waals surface area contributed by atoms with Gasteiger partial charge >= 0.3 is 11.9 Å². The Morgan fingerprint density at radius 3 is 2.76 bits per heavy atom. The van der Waals surface area contributed by atoms with Crippen LogP contribution in [-0.2, 0) is 16.0 Å². The first-order chi connectivity index (χ1) is 9.99. The zero-order valence-electron chi connectivity index (χ0n) is 11.4. The molecular weight excluding hydrogens is 294 g/mol. The van der Waals surface area contributed by atoms with Crippen molar-refractivity contribution in [3.05, 3.63) is 23.8 Å². The molecule has 0 aliphatic rings. The first-order valence-electron chi connectivity index (χ1n) is 6.50. The summed E-state index contributed by atoms with van der Waals surface area (Å²) in [7, 11) is 0. The summed E-state index contributed by atoms with van der Waals surface area (Å²) in [6, 6.07) is 5.65. The molecule has 0 fully saturated rings. The molecule has 1 aromatic carbocycles. The second-order valence-electron chi connectivity index (χ2n) is 4.51. The van der Waals surface area contributed by atoms with Crippen molar-refractivity contribution >= 4 is 34.8 Å². The van der Waals surface area contributed by atoms with E-state index in [0.29, 0.717) is 11.1 Å². The van der Waals surface area contributed by atoms with E-state index in [1.165, 1.54) is 0 Å². The van der Waals surface area contributed by atoms with Gasteiger partial charge in [-0.2, -0.15) is 0 Å². The topological polar surface area (TPSA) is 101 Å². The summed E-state index contributed by atoms with van der Waals surface area (Å²) in [6.07, 6.45) is 0.688. The molecule has 112 valence electrons. The fraction of sp³-hybridized carbons (Fsp3) is 0.357. The van der Waals surface area contributed by atoms with Gasteiger partial charge in [-0.1, -0.05) is 24.8 Å². The normalized spacial score (nSPS) is 12.4. The molecule has 2 rings (SSSR count). The van der Waals surface area contributed by atoms with Crippen molar-refractivity contribution in [3.8, 4) is 0 Å². The number of thioether (sulfide) groups is 1. The molecule has 2 aromatic rings. The predicted molar refractivity (Wildman–Crippen MR) is 77.5 cm³/mol. The van der Waals surface area contributed by atoms with E-state index in [9.17, 15) is 9.59 Å².